The van der Waals surface area contributed by atoms with Crippen LogP contribution < -0.4 is 4.74 Å². The lowest BCUT2D eigenvalue weighted by Gasteiger charge is -2.28. The first-order chi connectivity index (χ1) is 11.4. The molecule has 0 unspecified atom stereocenters. The summed E-state index contributed by atoms with van der Waals surface area (Å²) in [5, 5.41) is 9.97. The van der Waals surface area contributed by atoms with E-state index < -0.39 is 5.97 Å². The minimum Gasteiger partial charge on any atom is -0.497 e. The molecule has 1 aromatic rings. The Hall–Kier alpha value is -1.16. The number of carboxylic acids is 1. The van der Waals surface area contributed by atoms with E-state index in [1.165, 1.54) is 5.56 Å². The first kappa shape index (κ1) is 20.9. The van der Waals surface area contributed by atoms with Crippen LogP contribution in [-0.2, 0) is 10.5 Å². The van der Waals surface area contributed by atoms with E-state index in [4.69, 9.17) is 4.74 Å². The molecule has 1 rings (SSSR count). The largest absolute Gasteiger partial charge is 0.497 e. The topological polar surface area (TPSA) is 46.5 Å². The third kappa shape index (κ3) is 6.39. The van der Waals surface area contributed by atoms with E-state index in [1.807, 2.05) is 23.9 Å². The Balaban J connectivity index is 2.75. The number of ether oxygens (including phenoxy) is 1. The second-order valence-electron chi connectivity index (χ2n) is 6.65. The fraction of sp³-hybridized carbons (Fsp3) is 0.650. The van der Waals surface area contributed by atoms with E-state index in [9.17, 15) is 9.90 Å². The molecule has 4 heteroatoms. The average molecular weight is 353 g/mol. The van der Waals surface area contributed by atoms with Gasteiger partial charge < -0.3 is 9.84 Å². The quantitative estimate of drug-likeness (QED) is 0.573. The monoisotopic (exact) mass is 352 g/mol. The number of benzene rings is 1. The number of carbonyl (C=O) groups is 1. The Morgan fingerprint density at radius 1 is 1.12 bits per heavy atom. The van der Waals surface area contributed by atoms with Crippen LogP contribution >= 0.6 is 11.8 Å². The highest BCUT2D eigenvalue weighted by Gasteiger charge is 2.29. The molecule has 0 saturated heterocycles. The number of hydrogen-bond acceptors (Lipinski definition) is 3. The Morgan fingerprint density at radius 2 is 1.71 bits per heavy atom. The molecule has 0 radical (unpaired) electrons. The fourth-order valence-corrected chi connectivity index (χ4v) is 4.23. The molecule has 0 heterocycles. The van der Waals surface area contributed by atoms with Gasteiger partial charge in [-0.2, -0.15) is 11.8 Å². The molecule has 0 aliphatic carbocycles. The number of rotatable bonds is 11. The van der Waals surface area contributed by atoms with Crippen LogP contribution in [0.1, 0.15) is 52.5 Å². The predicted molar refractivity (Wildman–Crippen MR) is 103 cm³/mol. The molecule has 136 valence electrons. The average Bonchev–Trinajstić information content (AvgIpc) is 2.60. The maximum atomic E-state index is 11.7. The van der Waals surface area contributed by atoms with Gasteiger partial charge in [-0.1, -0.05) is 52.7 Å². The van der Waals surface area contributed by atoms with Crippen molar-refractivity contribution < 1.29 is 14.6 Å². The van der Waals surface area contributed by atoms with Crippen molar-refractivity contribution in [2.75, 3.05) is 7.11 Å². The molecule has 0 amide bonds. The van der Waals surface area contributed by atoms with Gasteiger partial charge in [-0.25, -0.2) is 0 Å². The molecule has 3 nitrogen and oxygen atoms in total. The standard InChI is InChI=1S/C20H32O3S/c1-6-14(3)18(20(21)22)12-19(15(4)7-2)24-13-16-8-10-17(23-5)11-9-16/h8-11,14-15,18-19H,6-7,12-13H2,1-5H3,(H,21,22)/t14-,15-,18+,19-/m0/s1. The van der Waals surface area contributed by atoms with Crippen molar-refractivity contribution in [2.24, 2.45) is 17.8 Å². The second kappa shape index (κ2) is 10.7. The lowest BCUT2D eigenvalue weighted by molar-refractivity contribution is -0.143. The molecule has 1 aromatic carbocycles. The van der Waals surface area contributed by atoms with Gasteiger partial charge in [0.05, 0.1) is 13.0 Å². The van der Waals surface area contributed by atoms with Crippen LogP contribution in [0.3, 0.4) is 0 Å². The Morgan fingerprint density at radius 3 is 2.17 bits per heavy atom. The van der Waals surface area contributed by atoms with Gasteiger partial charge in [-0.15, -0.1) is 0 Å². The predicted octanol–water partition coefficient (Wildman–Crippen LogP) is 5.48. The van der Waals surface area contributed by atoms with Crippen LogP contribution in [0.5, 0.6) is 5.75 Å². The lowest BCUT2D eigenvalue weighted by Crippen LogP contribution is -2.28. The number of carboxylic acid groups (broad SMARTS) is 1. The summed E-state index contributed by atoms with van der Waals surface area (Å²) in [7, 11) is 1.67. The zero-order chi connectivity index (χ0) is 18.1. The number of thioether (sulfide) groups is 1. The zero-order valence-corrected chi connectivity index (χ0v) is 16.4. The Bertz CT molecular complexity index is 486. The highest BCUT2D eigenvalue weighted by Crippen LogP contribution is 2.34. The second-order valence-corrected chi connectivity index (χ2v) is 7.88. The Kier molecular flexibility index (Phi) is 9.27. The van der Waals surface area contributed by atoms with Gasteiger partial charge in [0.2, 0.25) is 0 Å². The summed E-state index contributed by atoms with van der Waals surface area (Å²) in [5.41, 5.74) is 1.25. The first-order valence-electron chi connectivity index (χ1n) is 8.90. The van der Waals surface area contributed by atoms with Crippen molar-refractivity contribution in [3.63, 3.8) is 0 Å². The van der Waals surface area contributed by atoms with Crippen molar-refractivity contribution >= 4 is 17.7 Å². The maximum Gasteiger partial charge on any atom is 0.306 e. The van der Waals surface area contributed by atoms with Gasteiger partial charge in [0, 0.05) is 11.0 Å². The van der Waals surface area contributed by atoms with E-state index in [2.05, 4.69) is 39.8 Å². The molecular weight excluding hydrogens is 320 g/mol. The van der Waals surface area contributed by atoms with E-state index >= 15 is 0 Å². The maximum absolute atomic E-state index is 11.7. The minimum atomic E-state index is -0.650. The van der Waals surface area contributed by atoms with Gasteiger partial charge in [0.1, 0.15) is 5.75 Å². The van der Waals surface area contributed by atoms with Crippen molar-refractivity contribution in [1.82, 2.24) is 0 Å². The van der Waals surface area contributed by atoms with Crippen molar-refractivity contribution in [2.45, 2.75) is 58.0 Å². The molecule has 0 fully saturated rings. The van der Waals surface area contributed by atoms with Gasteiger partial charge in [0.15, 0.2) is 0 Å². The smallest absolute Gasteiger partial charge is 0.306 e. The van der Waals surface area contributed by atoms with Crippen LogP contribution in [-0.4, -0.2) is 23.4 Å². The molecule has 1 N–H and O–H groups in total. The third-order valence-corrected chi connectivity index (χ3v) is 6.62. The SMILES string of the molecule is CC[C@H](C)[C@H](C[C@@H](C(=O)O)[C@@H](C)CC)SCc1ccc(OC)cc1. The molecule has 24 heavy (non-hydrogen) atoms. The highest BCUT2D eigenvalue weighted by atomic mass is 32.2. The van der Waals surface area contributed by atoms with Crippen molar-refractivity contribution in [3.05, 3.63) is 29.8 Å². The molecule has 0 bridgehead atoms. The highest BCUT2D eigenvalue weighted by molar-refractivity contribution is 7.99. The van der Waals surface area contributed by atoms with Gasteiger partial charge in [-0.3, -0.25) is 4.79 Å². The molecule has 4 atom stereocenters. The number of hydrogen-bond donors (Lipinski definition) is 1. The summed E-state index contributed by atoms with van der Waals surface area (Å²) < 4.78 is 5.20. The van der Waals surface area contributed by atoms with Gasteiger partial charge in [0.25, 0.3) is 0 Å². The summed E-state index contributed by atoms with van der Waals surface area (Å²) in [6.45, 7) is 8.55. The van der Waals surface area contributed by atoms with E-state index in [0.29, 0.717) is 11.2 Å². The van der Waals surface area contributed by atoms with Crippen molar-refractivity contribution in [1.29, 1.82) is 0 Å². The van der Waals surface area contributed by atoms with E-state index in [1.54, 1.807) is 7.11 Å². The van der Waals surface area contributed by atoms with E-state index in [0.717, 1.165) is 30.8 Å². The summed E-state index contributed by atoms with van der Waals surface area (Å²) in [4.78, 5) is 11.7. The summed E-state index contributed by atoms with van der Waals surface area (Å²) in [5.74, 6) is 1.60. The van der Waals surface area contributed by atoms with Crippen LogP contribution in [0.2, 0.25) is 0 Å². The molecular formula is C20H32O3S. The molecule has 0 saturated carbocycles. The molecule has 0 aliphatic heterocycles. The number of methoxy groups -OCH3 is 1. The van der Waals surface area contributed by atoms with Crippen LogP contribution in [0, 0.1) is 17.8 Å². The summed E-state index contributed by atoms with van der Waals surface area (Å²) in [6, 6.07) is 8.13. The van der Waals surface area contributed by atoms with Gasteiger partial charge in [-0.05, 0) is 36.0 Å². The molecule has 0 aromatic heterocycles. The molecule has 0 aliphatic rings. The number of aliphatic carboxylic acids is 1. The van der Waals surface area contributed by atoms with E-state index in [-0.39, 0.29) is 11.8 Å². The fourth-order valence-electron chi connectivity index (χ4n) is 2.76. The minimum absolute atomic E-state index is 0.218. The first-order valence-corrected chi connectivity index (χ1v) is 9.95. The van der Waals surface area contributed by atoms with Crippen molar-refractivity contribution in [3.8, 4) is 5.75 Å². The van der Waals surface area contributed by atoms with Crippen LogP contribution in [0.4, 0.5) is 0 Å². The summed E-state index contributed by atoms with van der Waals surface area (Å²) >= 11 is 1.89. The van der Waals surface area contributed by atoms with Crippen LogP contribution in [0.15, 0.2) is 24.3 Å². The van der Waals surface area contributed by atoms with Crippen LogP contribution in [0.25, 0.3) is 0 Å². The molecule has 0 spiro atoms. The normalized spacial score (nSPS) is 16.2. The third-order valence-electron chi connectivity index (χ3n) is 5.04. The Labute approximate surface area is 151 Å². The van der Waals surface area contributed by atoms with Gasteiger partial charge >= 0.3 is 5.97 Å². The summed E-state index contributed by atoms with van der Waals surface area (Å²) in [6.07, 6.45) is 2.74. The zero-order valence-electron chi connectivity index (χ0n) is 15.6. The lowest BCUT2D eigenvalue weighted by atomic mass is 9.85.